The molecule has 0 heterocycles. The summed E-state index contributed by atoms with van der Waals surface area (Å²) in [6, 6.07) is 28.5. The molecule has 0 spiro atoms. The molecule has 5 rings (SSSR count). The van der Waals surface area contributed by atoms with Crippen molar-refractivity contribution in [3.63, 3.8) is 0 Å². The molecule has 0 radical (unpaired) electrons. The number of para-hydroxylation sites is 1. The lowest BCUT2D eigenvalue weighted by Gasteiger charge is -2.33. The average molecular weight is 674 g/mol. The van der Waals surface area contributed by atoms with Gasteiger partial charge in [-0.05, 0) is 92.9 Å². The molecule has 2 amide bonds. The third kappa shape index (κ3) is 8.93. The minimum absolute atomic E-state index is 0.0489. The van der Waals surface area contributed by atoms with Crippen LogP contribution in [0.25, 0.3) is 0 Å². The first-order valence-electron chi connectivity index (χ1n) is 15.9. The quantitative estimate of drug-likeness (QED) is 0.168. The first-order chi connectivity index (χ1) is 22.6. The number of carbonyl (C=O) groups is 2. The SMILES string of the molecule is Cc1ccc(S(=O)(=O)N(CC(=O)N(Cc2ccc(Cl)cc2)[C@@H](C)C(=O)NC2CCCCC2)c2ccc(Oc3ccccc3)cc2)cc1. The number of ether oxygens (including phenoxy) is 1. The van der Waals surface area contributed by atoms with E-state index in [-0.39, 0.29) is 29.1 Å². The zero-order chi connectivity index (χ0) is 33.4. The minimum Gasteiger partial charge on any atom is -0.457 e. The van der Waals surface area contributed by atoms with Crippen molar-refractivity contribution in [2.45, 2.75) is 69.5 Å². The Morgan fingerprint density at radius 3 is 2.11 bits per heavy atom. The molecule has 0 unspecified atom stereocenters. The number of hydrogen-bond acceptors (Lipinski definition) is 5. The summed E-state index contributed by atoms with van der Waals surface area (Å²) < 4.78 is 35.3. The van der Waals surface area contributed by atoms with Crippen molar-refractivity contribution in [3.05, 3.63) is 119 Å². The van der Waals surface area contributed by atoms with Crippen molar-refractivity contribution in [2.24, 2.45) is 0 Å². The molecule has 47 heavy (non-hydrogen) atoms. The van der Waals surface area contributed by atoms with E-state index in [9.17, 15) is 18.0 Å². The van der Waals surface area contributed by atoms with Crippen molar-refractivity contribution in [1.29, 1.82) is 0 Å². The van der Waals surface area contributed by atoms with Gasteiger partial charge < -0.3 is 15.0 Å². The molecule has 1 atom stereocenters. The molecule has 1 fully saturated rings. The molecule has 0 aliphatic heterocycles. The summed E-state index contributed by atoms with van der Waals surface area (Å²) in [5, 5.41) is 3.67. The van der Waals surface area contributed by atoms with Crippen LogP contribution in [0.15, 0.2) is 108 Å². The van der Waals surface area contributed by atoms with Gasteiger partial charge in [-0.2, -0.15) is 0 Å². The van der Waals surface area contributed by atoms with E-state index in [1.165, 1.54) is 17.0 Å². The van der Waals surface area contributed by atoms with Crippen molar-refractivity contribution in [1.82, 2.24) is 10.2 Å². The molecule has 246 valence electrons. The van der Waals surface area contributed by atoms with Crippen LogP contribution in [0.1, 0.15) is 50.2 Å². The number of aryl methyl sites for hydroxylation is 1. The van der Waals surface area contributed by atoms with Gasteiger partial charge in [0.15, 0.2) is 0 Å². The molecule has 4 aromatic rings. The molecule has 8 nitrogen and oxygen atoms in total. The second-order valence-electron chi connectivity index (χ2n) is 11.9. The van der Waals surface area contributed by atoms with Crippen LogP contribution in [0.3, 0.4) is 0 Å². The molecule has 1 saturated carbocycles. The summed E-state index contributed by atoms with van der Waals surface area (Å²) in [6.07, 6.45) is 5.04. The standard InChI is InChI=1S/C37H40ClN3O5S/c1-27-13-23-35(24-14-27)47(44,45)41(32-19-21-34(22-20-32)46-33-11-7-4-8-12-33)26-36(42)40(25-29-15-17-30(38)18-16-29)28(2)37(43)39-31-9-5-3-6-10-31/h4,7-8,11-24,28,31H,3,5-6,9-10,25-26H2,1-2H3,(H,39,43)/t28-/m0/s1. The number of halogens is 1. The number of sulfonamides is 1. The summed E-state index contributed by atoms with van der Waals surface area (Å²) >= 11 is 6.12. The van der Waals surface area contributed by atoms with Crippen LogP contribution >= 0.6 is 11.6 Å². The first kappa shape index (κ1) is 34.0. The van der Waals surface area contributed by atoms with Gasteiger partial charge in [0, 0.05) is 17.6 Å². The van der Waals surface area contributed by atoms with E-state index < -0.39 is 28.5 Å². The van der Waals surface area contributed by atoms with Crippen molar-refractivity contribution in [3.8, 4) is 11.5 Å². The van der Waals surface area contributed by atoms with E-state index in [1.807, 2.05) is 37.3 Å². The number of anilines is 1. The first-order valence-corrected chi connectivity index (χ1v) is 17.7. The highest BCUT2D eigenvalue weighted by molar-refractivity contribution is 7.92. The third-order valence-electron chi connectivity index (χ3n) is 8.38. The van der Waals surface area contributed by atoms with Crippen LogP contribution in [-0.4, -0.2) is 43.8 Å². The van der Waals surface area contributed by atoms with E-state index in [0.717, 1.165) is 47.5 Å². The summed E-state index contributed by atoms with van der Waals surface area (Å²) in [7, 11) is -4.19. The normalized spacial score (nSPS) is 14.2. The van der Waals surface area contributed by atoms with Gasteiger partial charge in [-0.3, -0.25) is 13.9 Å². The van der Waals surface area contributed by atoms with Gasteiger partial charge in [-0.25, -0.2) is 8.42 Å². The number of hydrogen-bond donors (Lipinski definition) is 1. The number of nitrogens with one attached hydrogen (secondary N) is 1. The Morgan fingerprint density at radius 2 is 1.47 bits per heavy atom. The predicted molar refractivity (Wildman–Crippen MR) is 185 cm³/mol. The second-order valence-corrected chi connectivity index (χ2v) is 14.2. The molecule has 1 aliphatic rings. The van der Waals surface area contributed by atoms with Gasteiger partial charge in [0.25, 0.3) is 10.0 Å². The van der Waals surface area contributed by atoms with Crippen molar-refractivity contribution in [2.75, 3.05) is 10.8 Å². The average Bonchev–Trinajstić information content (AvgIpc) is 3.08. The Morgan fingerprint density at radius 1 is 0.851 bits per heavy atom. The fraction of sp³-hybridized carbons (Fsp3) is 0.297. The predicted octanol–water partition coefficient (Wildman–Crippen LogP) is 7.50. The molecule has 10 heteroatoms. The van der Waals surface area contributed by atoms with E-state index in [2.05, 4.69) is 5.32 Å². The summed E-state index contributed by atoms with van der Waals surface area (Å²) in [5.74, 6) is 0.357. The van der Waals surface area contributed by atoms with Gasteiger partial charge in [-0.15, -0.1) is 0 Å². The lowest BCUT2D eigenvalue weighted by Crippen LogP contribution is -2.53. The maximum Gasteiger partial charge on any atom is 0.264 e. The van der Waals surface area contributed by atoms with Gasteiger partial charge in [0.05, 0.1) is 10.6 Å². The maximum absolute atomic E-state index is 14.3. The molecular weight excluding hydrogens is 634 g/mol. The molecule has 1 aliphatic carbocycles. The highest BCUT2D eigenvalue weighted by Crippen LogP contribution is 2.29. The summed E-state index contributed by atoms with van der Waals surface area (Å²) in [6.45, 7) is 3.12. The Labute approximate surface area is 282 Å². The van der Waals surface area contributed by atoms with Crippen molar-refractivity contribution >= 4 is 39.1 Å². The summed E-state index contributed by atoms with van der Waals surface area (Å²) in [5.41, 5.74) is 1.95. The molecule has 1 N–H and O–H groups in total. The van der Waals surface area contributed by atoms with Gasteiger partial charge in [-0.1, -0.05) is 78.9 Å². The largest absolute Gasteiger partial charge is 0.457 e. The Hall–Kier alpha value is -4.34. The number of carbonyl (C=O) groups excluding carboxylic acids is 2. The monoisotopic (exact) mass is 673 g/mol. The van der Waals surface area contributed by atoms with E-state index in [0.29, 0.717) is 16.5 Å². The van der Waals surface area contributed by atoms with Crippen LogP contribution in [-0.2, 0) is 26.2 Å². The molecule has 0 saturated heterocycles. The molecule has 0 bridgehead atoms. The van der Waals surface area contributed by atoms with Crippen LogP contribution < -0.4 is 14.4 Å². The third-order valence-corrected chi connectivity index (χ3v) is 10.4. The van der Waals surface area contributed by atoms with Gasteiger partial charge in [0.1, 0.15) is 24.1 Å². The number of nitrogens with zero attached hydrogens (tertiary/aromatic N) is 2. The minimum atomic E-state index is -4.19. The van der Waals surface area contributed by atoms with Crippen LogP contribution in [0.5, 0.6) is 11.5 Å². The molecule has 0 aromatic heterocycles. The zero-order valence-corrected chi connectivity index (χ0v) is 28.2. The molecule has 4 aromatic carbocycles. The van der Waals surface area contributed by atoms with E-state index >= 15 is 0 Å². The number of amides is 2. The lowest BCUT2D eigenvalue weighted by atomic mass is 9.95. The highest BCUT2D eigenvalue weighted by atomic mass is 35.5. The van der Waals surface area contributed by atoms with Gasteiger partial charge in [0.2, 0.25) is 11.8 Å². The van der Waals surface area contributed by atoms with Crippen LogP contribution in [0, 0.1) is 6.92 Å². The number of rotatable bonds is 12. The fourth-order valence-corrected chi connectivity index (χ4v) is 7.15. The summed E-state index contributed by atoms with van der Waals surface area (Å²) in [4.78, 5) is 29.3. The smallest absolute Gasteiger partial charge is 0.264 e. The Kier molecular flexibility index (Phi) is 11.2. The maximum atomic E-state index is 14.3. The Balaban J connectivity index is 1.46. The molecular formula is C37H40ClN3O5S. The lowest BCUT2D eigenvalue weighted by molar-refractivity contribution is -0.139. The second kappa shape index (κ2) is 15.5. The fourth-order valence-electron chi connectivity index (χ4n) is 5.61. The van der Waals surface area contributed by atoms with E-state index in [1.54, 1.807) is 67.6 Å². The van der Waals surface area contributed by atoms with Crippen molar-refractivity contribution < 1.29 is 22.7 Å². The van der Waals surface area contributed by atoms with E-state index in [4.69, 9.17) is 16.3 Å². The zero-order valence-electron chi connectivity index (χ0n) is 26.6. The van der Waals surface area contributed by atoms with Crippen LogP contribution in [0.4, 0.5) is 5.69 Å². The number of benzene rings is 4. The Bertz CT molecular complexity index is 1740. The highest BCUT2D eigenvalue weighted by Gasteiger charge is 2.33. The topological polar surface area (TPSA) is 96.0 Å². The van der Waals surface area contributed by atoms with Gasteiger partial charge >= 0.3 is 0 Å². The van der Waals surface area contributed by atoms with Crippen LogP contribution in [0.2, 0.25) is 5.02 Å².